The lowest BCUT2D eigenvalue weighted by atomic mass is 10.1. The molecular weight excluding hydrogens is 382 g/mol. The molecule has 0 fully saturated rings. The van der Waals surface area contributed by atoms with Gasteiger partial charge in [0, 0.05) is 18.3 Å². The first-order chi connectivity index (χ1) is 12.9. The number of carbonyl (C=O) groups is 1. The zero-order chi connectivity index (χ0) is 19.4. The van der Waals surface area contributed by atoms with Gasteiger partial charge in [0.1, 0.15) is 12.4 Å². The number of carbonyl (C=O) groups excluding carboxylic acids is 1. The minimum Gasteiger partial charge on any atom is -0.488 e. The van der Waals surface area contributed by atoms with Crippen molar-refractivity contribution in [1.82, 2.24) is 15.1 Å². The molecule has 142 valence electrons. The van der Waals surface area contributed by atoms with Crippen molar-refractivity contribution in [3.8, 4) is 5.75 Å². The Morgan fingerprint density at radius 2 is 2.00 bits per heavy atom. The molecular formula is C20H22ClN3O2S. The molecule has 1 N–H and O–H groups in total. The predicted molar refractivity (Wildman–Crippen MR) is 109 cm³/mol. The molecule has 3 rings (SSSR count). The lowest BCUT2D eigenvalue weighted by molar-refractivity contribution is 0.0956. The van der Waals surface area contributed by atoms with Crippen LogP contribution in [0.3, 0.4) is 0 Å². The number of halogens is 1. The molecule has 5 nitrogen and oxygen atoms in total. The quantitative estimate of drug-likeness (QED) is 0.630. The van der Waals surface area contributed by atoms with Gasteiger partial charge in [-0.15, -0.1) is 11.3 Å². The molecule has 3 aromatic rings. The third-order valence-electron chi connectivity index (χ3n) is 4.09. The van der Waals surface area contributed by atoms with Gasteiger partial charge >= 0.3 is 0 Å². The Morgan fingerprint density at radius 3 is 2.67 bits per heavy atom. The molecule has 0 saturated carbocycles. The van der Waals surface area contributed by atoms with E-state index in [1.807, 2.05) is 11.4 Å². The third-order valence-corrected chi connectivity index (χ3v) is 5.27. The summed E-state index contributed by atoms with van der Waals surface area (Å²) >= 11 is 7.24. The van der Waals surface area contributed by atoms with Crippen LogP contribution in [-0.4, -0.2) is 22.2 Å². The summed E-state index contributed by atoms with van der Waals surface area (Å²) in [7, 11) is 0. The molecule has 0 bridgehead atoms. The smallest absolute Gasteiger partial charge is 0.261 e. The molecule has 1 amide bonds. The summed E-state index contributed by atoms with van der Waals surface area (Å²) < 4.78 is 7.69. The van der Waals surface area contributed by atoms with E-state index in [1.165, 1.54) is 16.9 Å². The van der Waals surface area contributed by atoms with Crippen molar-refractivity contribution in [3.05, 3.63) is 68.1 Å². The Labute approximate surface area is 167 Å². The fraction of sp³-hybridized carbons (Fsp3) is 0.300. The lowest BCUT2D eigenvalue weighted by Gasteiger charge is -2.12. The molecule has 2 heterocycles. The SMILES string of the molecule is Cc1cc(C)c(OCc2csc(C(=O)NCCn3cc(Cl)cn3)c2)c(C)c1. The fourth-order valence-electron chi connectivity index (χ4n) is 2.95. The van der Waals surface area contributed by atoms with E-state index in [1.54, 1.807) is 17.1 Å². The Hall–Kier alpha value is -2.31. The second kappa shape index (κ2) is 8.59. The second-order valence-corrected chi connectivity index (χ2v) is 7.86. The minimum absolute atomic E-state index is 0.0906. The maximum atomic E-state index is 12.3. The number of rotatable bonds is 7. The third kappa shape index (κ3) is 5.11. The van der Waals surface area contributed by atoms with Gasteiger partial charge in [-0.2, -0.15) is 5.10 Å². The van der Waals surface area contributed by atoms with Gasteiger partial charge in [-0.1, -0.05) is 29.3 Å². The van der Waals surface area contributed by atoms with Crippen molar-refractivity contribution in [2.75, 3.05) is 6.54 Å². The van der Waals surface area contributed by atoms with Gasteiger partial charge in [0.2, 0.25) is 0 Å². The van der Waals surface area contributed by atoms with E-state index < -0.39 is 0 Å². The number of aromatic nitrogens is 2. The van der Waals surface area contributed by atoms with Crippen molar-refractivity contribution in [3.63, 3.8) is 0 Å². The molecule has 7 heteroatoms. The standard InChI is InChI=1S/C20H22ClN3O2S/c1-13-6-14(2)19(15(3)7-13)26-11-16-8-18(27-12-16)20(25)22-4-5-24-10-17(21)9-23-24/h6-10,12H,4-5,11H2,1-3H3,(H,22,25). The van der Waals surface area contributed by atoms with Crippen LogP contribution in [-0.2, 0) is 13.2 Å². The first-order valence-electron chi connectivity index (χ1n) is 8.66. The maximum absolute atomic E-state index is 12.3. The number of nitrogens with zero attached hydrogens (tertiary/aromatic N) is 2. The van der Waals surface area contributed by atoms with Gasteiger partial charge in [-0.05, 0) is 43.3 Å². The Kier molecular flexibility index (Phi) is 6.19. The molecule has 0 aliphatic rings. The number of hydrogen-bond donors (Lipinski definition) is 1. The zero-order valence-electron chi connectivity index (χ0n) is 15.6. The molecule has 27 heavy (non-hydrogen) atoms. The number of benzene rings is 1. The van der Waals surface area contributed by atoms with Crippen LogP contribution in [0.25, 0.3) is 0 Å². The van der Waals surface area contributed by atoms with Gasteiger partial charge in [0.05, 0.1) is 22.6 Å². The summed E-state index contributed by atoms with van der Waals surface area (Å²) in [6.07, 6.45) is 3.30. The van der Waals surface area contributed by atoms with Crippen molar-refractivity contribution < 1.29 is 9.53 Å². The van der Waals surface area contributed by atoms with Gasteiger partial charge < -0.3 is 10.1 Å². The van der Waals surface area contributed by atoms with E-state index in [0.717, 1.165) is 22.4 Å². The van der Waals surface area contributed by atoms with Gasteiger partial charge in [0.25, 0.3) is 5.91 Å². The van der Waals surface area contributed by atoms with Crippen molar-refractivity contribution >= 4 is 28.8 Å². The average Bonchev–Trinajstić information content (AvgIpc) is 3.23. The largest absolute Gasteiger partial charge is 0.488 e. The number of hydrogen-bond acceptors (Lipinski definition) is 4. The Bertz CT molecular complexity index is 925. The van der Waals surface area contributed by atoms with E-state index in [2.05, 4.69) is 43.3 Å². The number of ether oxygens (including phenoxy) is 1. The Morgan fingerprint density at radius 1 is 1.26 bits per heavy atom. The molecule has 0 aliphatic heterocycles. The van der Waals surface area contributed by atoms with E-state index >= 15 is 0 Å². The topological polar surface area (TPSA) is 56.1 Å². The highest BCUT2D eigenvalue weighted by Crippen LogP contribution is 2.26. The van der Waals surface area contributed by atoms with Gasteiger partial charge in [0.15, 0.2) is 0 Å². The number of aryl methyl sites for hydroxylation is 3. The molecule has 0 aliphatic carbocycles. The van der Waals surface area contributed by atoms with Crippen molar-refractivity contribution in [2.45, 2.75) is 33.9 Å². The predicted octanol–water partition coefficient (Wildman–Crippen LogP) is 4.53. The van der Waals surface area contributed by atoms with Crippen LogP contribution in [0.2, 0.25) is 5.02 Å². The highest BCUT2D eigenvalue weighted by molar-refractivity contribution is 7.12. The van der Waals surface area contributed by atoms with Crippen LogP contribution in [0.15, 0.2) is 36.0 Å². The van der Waals surface area contributed by atoms with Gasteiger partial charge in [-0.3, -0.25) is 9.48 Å². The maximum Gasteiger partial charge on any atom is 0.261 e. The highest BCUT2D eigenvalue weighted by Gasteiger charge is 2.11. The van der Waals surface area contributed by atoms with Crippen LogP contribution in [0.4, 0.5) is 0 Å². The lowest BCUT2D eigenvalue weighted by Crippen LogP contribution is -2.26. The van der Waals surface area contributed by atoms with Crippen LogP contribution in [0.1, 0.15) is 31.9 Å². The first-order valence-corrected chi connectivity index (χ1v) is 9.92. The molecule has 2 aromatic heterocycles. The summed E-state index contributed by atoms with van der Waals surface area (Å²) in [5.41, 5.74) is 4.46. The summed E-state index contributed by atoms with van der Waals surface area (Å²) in [5, 5.41) is 9.52. The van der Waals surface area contributed by atoms with Crippen LogP contribution in [0.5, 0.6) is 5.75 Å². The highest BCUT2D eigenvalue weighted by atomic mass is 35.5. The molecule has 0 atom stereocenters. The summed E-state index contributed by atoms with van der Waals surface area (Å²) in [6, 6.07) is 6.10. The summed E-state index contributed by atoms with van der Waals surface area (Å²) in [4.78, 5) is 12.9. The molecule has 1 aromatic carbocycles. The number of amides is 1. The average molecular weight is 404 g/mol. The summed E-state index contributed by atoms with van der Waals surface area (Å²) in [6.45, 7) is 7.69. The molecule has 0 saturated heterocycles. The fourth-order valence-corrected chi connectivity index (χ4v) is 3.92. The van der Waals surface area contributed by atoms with E-state index in [4.69, 9.17) is 16.3 Å². The minimum atomic E-state index is -0.0906. The van der Waals surface area contributed by atoms with Crippen LogP contribution < -0.4 is 10.1 Å². The Balaban J connectivity index is 1.52. The monoisotopic (exact) mass is 403 g/mol. The van der Waals surface area contributed by atoms with Gasteiger partial charge in [-0.25, -0.2) is 0 Å². The van der Waals surface area contributed by atoms with Crippen LogP contribution >= 0.6 is 22.9 Å². The van der Waals surface area contributed by atoms with E-state index in [-0.39, 0.29) is 5.91 Å². The van der Waals surface area contributed by atoms with Crippen LogP contribution in [0, 0.1) is 20.8 Å². The number of nitrogens with one attached hydrogen (secondary N) is 1. The first kappa shape index (κ1) is 19.5. The second-order valence-electron chi connectivity index (χ2n) is 6.51. The normalized spacial score (nSPS) is 10.8. The summed E-state index contributed by atoms with van der Waals surface area (Å²) in [5.74, 6) is 0.822. The van der Waals surface area contributed by atoms with E-state index in [0.29, 0.717) is 29.6 Å². The number of thiophene rings is 1. The van der Waals surface area contributed by atoms with E-state index in [9.17, 15) is 4.79 Å². The zero-order valence-corrected chi connectivity index (χ0v) is 17.2. The van der Waals surface area contributed by atoms with Crippen molar-refractivity contribution in [1.29, 1.82) is 0 Å². The molecule has 0 unspecified atom stereocenters. The molecule has 0 radical (unpaired) electrons. The molecule has 0 spiro atoms. The van der Waals surface area contributed by atoms with Crippen molar-refractivity contribution in [2.24, 2.45) is 0 Å².